The lowest BCUT2D eigenvalue weighted by Gasteiger charge is -2.16. The topological polar surface area (TPSA) is 49.3 Å². The highest BCUT2D eigenvalue weighted by molar-refractivity contribution is 7.98. The molecule has 0 aliphatic rings. The number of carboxylic acids is 1. The zero-order valence-corrected chi connectivity index (χ0v) is 10.6. The number of thioether (sulfide) groups is 1. The molecule has 0 amide bonds. The molecular formula is C12H17NO2S. The Morgan fingerprint density at radius 1 is 1.56 bits per heavy atom. The van der Waals surface area contributed by atoms with Gasteiger partial charge in [0.05, 0.1) is 5.56 Å². The summed E-state index contributed by atoms with van der Waals surface area (Å²) in [7, 11) is 0. The van der Waals surface area contributed by atoms with Gasteiger partial charge < -0.3 is 10.4 Å². The maximum atomic E-state index is 10.8. The van der Waals surface area contributed by atoms with Crippen molar-refractivity contribution >= 4 is 23.4 Å². The van der Waals surface area contributed by atoms with Gasteiger partial charge in [-0.15, -0.1) is 0 Å². The molecule has 1 unspecified atom stereocenters. The average molecular weight is 239 g/mol. The van der Waals surface area contributed by atoms with Crippen molar-refractivity contribution in [1.29, 1.82) is 0 Å². The normalized spacial score (nSPS) is 12.2. The van der Waals surface area contributed by atoms with Crippen molar-refractivity contribution in [2.75, 3.05) is 17.3 Å². The Hall–Kier alpha value is -1.16. The lowest BCUT2D eigenvalue weighted by molar-refractivity contribution is 0.0697. The Kier molecular flexibility index (Phi) is 4.68. The van der Waals surface area contributed by atoms with E-state index in [0.717, 1.165) is 17.0 Å². The minimum Gasteiger partial charge on any atom is -0.478 e. The number of carboxylic acid groups (broad SMARTS) is 1. The number of anilines is 1. The molecule has 1 aromatic carbocycles. The van der Waals surface area contributed by atoms with E-state index in [1.807, 2.05) is 13.0 Å². The molecule has 0 heterocycles. The maximum Gasteiger partial charge on any atom is 0.335 e. The van der Waals surface area contributed by atoms with Gasteiger partial charge in [0.15, 0.2) is 0 Å². The van der Waals surface area contributed by atoms with E-state index in [9.17, 15) is 4.79 Å². The van der Waals surface area contributed by atoms with Crippen molar-refractivity contribution in [2.45, 2.75) is 19.9 Å². The Bertz CT molecular complexity index is 379. The molecule has 0 spiro atoms. The third kappa shape index (κ3) is 3.45. The summed E-state index contributed by atoms with van der Waals surface area (Å²) in [5.41, 5.74) is 2.31. The van der Waals surface area contributed by atoms with E-state index in [1.165, 1.54) is 0 Å². The zero-order valence-electron chi connectivity index (χ0n) is 9.78. The van der Waals surface area contributed by atoms with Gasteiger partial charge in [-0.2, -0.15) is 11.8 Å². The molecule has 0 aliphatic heterocycles. The van der Waals surface area contributed by atoms with Gasteiger partial charge in [0, 0.05) is 17.5 Å². The molecule has 88 valence electrons. The number of hydrogen-bond acceptors (Lipinski definition) is 3. The predicted molar refractivity (Wildman–Crippen MR) is 69.6 cm³/mol. The fourth-order valence-corrected chi connectivity index (χ4v) is 2.10. The summed E-state index contributed by atoms with van der Waals surface area (Å²) in [6.45, 7) is 4.03. The van der Waals surface area contributed by atoms with Crippen molar-refractivity contribution in [3.05, 3.63) is 29.3 Å². The number of aryl methyl sites for hydroxylation is 1. The van der Waals surface area contributed by atoms with Crippen LogP contribution in [0.15, 0.2) is 18.2 Å². The molecule has 0 saturated heterocycles. The van der Waals surface area contributed by atoms with Gasteiger partial charge in [-0.3, -0.25) is 0 Å². The van der Waals surface area contributed by atoms with E-state index >= 15 is 0 Å². The van der Waals surface area contributed by atoms with Crippen molar-refractivity contribution in [2.24, 2.45) is 0 Å². The molecule has 1 aromatic rings. The first-order chi connectivity index (χ1) is 7.54. The monoisotopic (exact) mass is 239 g/mol. The van der Waals surface area contributed by atoms with E-state index in [0.29, 0.717) is 11.6 Å². The van der Waals surface area contributed by atoms with Crippen LogP contribution in [0.1, 0.15) is 22.8 Å². The van der Waals surface area contributed by atoms with E-state index in [2.05, 4.69) is 18.5 Å². The summed E-state index contributed by atoms with van der Waals surface area (Å²) in [5.74, 6) is 0.145. The second-order valence-electron chi connectivity index (χ2n) is 3.84. The van der Waals surface area contributed by atoms with Crippen LogP contribution in [0.25, 0.3) is 0 Å². The van der Waals surface area contributed by atoms with E-state index < -0.39 is 5.97 Å². The summed E-state index contributed by atoms with van der Waals surface area (Å²) in [6, 6.07) is 5.53. The predicted octanol–water partition coefficient (Wildman–Crippen LogP) is 2.86. The minimum atomic E-state index is -0.883. The highest BCUT2D eigenvalue weighted by Gasteiger charge is 2.07. The standard InChI is InChI=1S/C12H17NO2S/c1-8-6-10(12(14)15)4-5-11(8)13-9(2)7-16-3/h4-6,9,13H,7H2,1-3H3,(H,14,15). The van der Waals surface area contributed by atoms with Crippen LogP contribution in [0.2, 0.25) is 0 Å². The molecule has 2 N–H and O–H groups in total. The lowest BCUT2D eigenvalue weighted by Crippen LogP contribution is -2.18. The van der Waals surface area contributed by atoms with Gasteiger partial charge in [0.25, 0.3) is 0 Å². The lowest BCUT2D eigenvalue weighted by atomic mass is 10.1. The van der Waals surface area contributed by atoms with Gasteiger partial charge >= 0.3 is 5.97 Å². The Labute approximate surface area is 100 Å². The Morgan fingerprint density at radius 3 is 2.75 bits per heavy atom. The Morgan fingerprint density at radius 2 is 2.25 bits per heavy atom. The number of rotatable bonds is 5. The van der Waals surface area contributed by atoms with Crippen molar-refractivity contribution in [3.63, 3.8) is 0 Å². The highest BCUT2D eigenvalue weighted by Crippen LogP contribution is 2.18. The number of nitrogens with one attached hydrogen (secondary N) is 1. The fourth-order valence-electron chi connectivity index (χ4n) is 1.52. The molecule has 1 atom stereocenters. The second-order valence-corrected chi connectivity index (χ2v) is 4.75. The summed E-state index contributed by atoms with van der Waals surface area (Å²) in [6.07, 6.45) is 2.07. The molecule has 1 rings (SSSR count). The summed E-state index contributed by atoms with van der Waals surface area (Å²) >= 11 is 1.79. The third-order valence-electron chi connectivity index (χ3n) is 2.29. The van der Waals surface area contributed by atoms with Crippen LogP contribution in [0.3, 0.4) is 0 Å². The third-order valence-corrected chi connectivity index (χ3v) is 3.13. The first kappa shape index (κ1) is 12.9. The fraction of sp³-hybridized carbons (Fsp3) is 0.417. The Balaban J connectivity index is 2.79. The first-order valence-corrected chi connectivity index (χ1v) is 6.53. The van der Waals surface area contributed by atoms with Crippen LogP contribution in [0, 0.1) is 6.92 Å². The molecule has 4 heteroatoms. The quantitative estimate of drug-likeness (QED) is 0.829. The van der Waals surface area contributed by atoms with Crippen LogP contribution < -0.4 is 5.32 Å². The molecule has 0 radical (unpaired) electrons. The first-order valence-electron chi connectivity index (χ1n) is 5.14. The van der Waals surface area contributed by atoms with Crippen LogP contribution in [-0.4, -0.2) is 29.1 Å². The van der Waals surface area contributed by atoms with Gasteiger partial charge in [0.2, 0.25) is 0 Å². The molecule has 16 heavy (non-hydrogen) atoms. The van der Waals surface area contributed by atoms with Crippen LogP contribution in [-0.2, 0) is 0 Å². The molecule has 0 aromatic heterocycles. The van der Waals surface area contributed by atoms with Crippen molar-refractivity contribution < 1.29 is 9.90 Å². The van der Waals surface area contributed by atoms with Gasteiger partial charge in [-0.05, 0) is 43.9 Å². The number of carbonyl (C=O) groups is 1. The molecule has 0 fully saturated rings. The van der Waals surface area contributed by atoms with Gasteiger partial charge in [0.1, 0.15) is 0 Å². The molecule has 3 nitrogen and oxygen atoms in total. The van der Waals surface area contributed by atoms with E-state index in [1.54, 1.807) is 23.9 Å². The number of benzene rings is 1. The number of aromatic carboxylic acids is 1. The van der Waals surface area contributed by atoms with Gasteiger partial charge in [-0.25, -0.2) is 4.79 Å². The van der Waals surface area contributed by atoms with Crippen LogP contribution in [0.5, 0.6) is 0 Å². The van der Waals surface area contributed by atoms with E-state index in [4.69, 9.17) is 5.11 Å². The molecular weight excluding hydrogens is 222 g/mol. The average Bonchev–Trinajstić information content (AvgIpc) is 2.21. The largest absolute Gasteiger partial charge is 0.478 e. The maximum absolute atomic E-state index is 10.8. The van der Waals surface area contributed by atoms with Gasteiger partial charge in [-0.1, -0.05) is 0 Å². The zero-order chi connectivity index (χ0) is 12.1. The minimum absolute atomic E-state index is 0.334. The smallest absolute Gasteiger partial charge is 0.335 e. The summed E-state index contributed by atoms with van der Waals surface area (Å²) in [5, 5.41) is 12.2. The second kappa shape index (κ2) is 5.80. The molecule has 0 saturated carbocycles. The molecule has 0 bridgehead atoms. The van der Waals surface area contributed by atoms with Crippen molar-refractivity contribution in [3.8, 4) is 0 Å². The summed E-state index contributed by atoms with van der Waals surface area (Å²) < 4.78 is 0. The highest BCUT2D eigenvalue weighted by atomic mass is 32.2. The van der Waals surface area contributed by atoms with Crippen LogP contribution >= 0.6 is 11.8 Å². The van der Waals surface area contributed by atoms with Crippen molar-refractivity contribution in [1.82, 2.24) is 0 Å². The number of hydrogen-bond donors (Lipinski definition) is 2. The summed E-state index contributed by atoms with van der Waals surface area (Å²) in [4.78, 5) is 10.8. The van der Waals surface area contributed by atoms with Crippen LogP contribution in [0.4, 0.5) is 5.69 Å². The SMILES string of the molecule is CSCC(C)Nc1ccc(C(=O)O)cc1C. The van der Waals surface area contributed by atoms with E-state index in [-0.39, 0.29) is 0 Å². The molecule has 0 aliphatic carbocycles.